The van der Waals surface area contributed by atoms with Gasteiger partial charge in [-0.15, -0.1) is 0 Å². The minimum absolute atomic E-state index is 0.0219. The number of ether oxygens (including phenoxy) is 1. The number of hydrogen-bond acceptors (Lipinski definition) is 3. The number of carboxylic acids is 1. The van der Waals surface area contributed by atoms with Crippen molar-refractivity contribution in [3.63, 3.8) is 0 Å². The molecule has 0 rings (SSSR count). The van der Waals surface area contributed by atoms with Crippen molar-refractivity contribution in [3.05, 3.63) is 0 Å². The van der Waals surface area contributed by atoms with Crippen LogP contribution in [0.25, 0.3) is 0 Å². The van der Waals surface area contributed by atoms with E-state index in [0.717, 1.165) is 0 Å². The minimum atomic E-state index is -1.07. The van der Waals surface area contributed by atoms with E-state index in [9.17, 15) is 9.59 Å². The van der Waals surface area contributed by atoms with Gasteiger partial charge >= 0.3 is 5.97 Å². The van der Waals surface area contributed by atoms with Crippen LogP contribution in [0.3, 0.4) is 0 Å². The number of aliphatic carboxylic acids is 1. The summed E-state index contributed by atoms with van der Waals surface area (Å²) in [5.74, 6) is -1.37. The lowest BCUT2D eigenvalue weighted by Gasteiger charge is -2.17. The molecule has 5 nitrogen and oxygen atoms in total. The second-order valence-electron chi connectivity index (χ2n) is 3.42. The third kappa shape index (κ3) is 4.81. The van der Waals surface area contributed by atoms with Gasteiger partial charge < -0.3 is 15.2 Å². The third-order valence-corrected chi connectivity index (χ3v) is 1.56. The summed E-state index contributed by atoms with van der Waals surface area (Å²) >= 11 is 0. The molecule has 0 aliphatic carbocycles. The summed E-state index contributed by atoms with van der Waals surface area (Å²) in [5.41, 5.74) is 0. The summed E-state index contributed by atoms with van der Waals surface area (Å²) in [6.07, 6.45) is -1.72. The van der Waals surface area contributed by atoms with Crippen LogP contribution in [0, 0.1) is 0 Å². The molecule has 0 aromatic carbocycles. The van der Waals surface area contributed by atoms with Gasteiger partial charge in [0.05, 0.1) is 0 Å². The summed E-state index contributed by atoms with van der Waals surface area (Å²) in [4.78, 5) is 21.7. The molecular weight excluding hydrogens is 186 g/mol. The lowest BCUT2D eigenvalue weighted by Crippen LogP contribution is -2.41. The first-order chi connectivity index (χ1) is 6.34. The standard InChI is InChI=1S/C9H17NO4/c1-5(2)10-8(11)6(3)14-7(4)9(12)13/h5-7H,1-4H3,(H,10,11)(H,12,13)/t6?,7-/m0/s1. The van der Waals surface area contributed by atoms with Crippen LogP contribution in [0.15, 0.2) is 0 Å². The summed E-state index contributed by atoms with van der Waals surface area (Å²) in [5, 5.41) is 11.2. The molecule has 2 atom stereocenters. The van der Waals surface area contributed by atoms with Crippen LogP contribution in [-0.2, 0) is 14.3 Å². The van der Waals surface area contributed by atoms with E-state index >= 15 is 0 Å². The molecule has 0 saturated heterocycles. The minimum Gasteiger partial charge on any atom is -0.479 e. The van der Waals surface area contributed by atoms with Gasteiger partial charge in [0.2, 0.25) is 5.91 Å². The molecule has 0 aliphatic rings. The number of carboxylic acid groups (broad SMARTS) is 1. The van der Waals surface area contributed by atoms with Gasteiger partial charge in [-0.25, -0.2) is 4.79 Å². The van der Waals surface area contributed by atoms with E-state index in [4.69, 9.17) is 9.84 Å². The number of carbonyl (C=O) groups excluding carboxylic acids is 1. The van der Waals surface area contributed by atoms with Crippen molar-refractivity contribution in [1.82, 2.24) is 5.32 Å². The monoisotopic (exact) mass is 203 g/mol. The van der Waals surface area contributed by atoms with E-state index in [1.54, 1.807) is 0 Å². The molecule has 0 bridgehead atoms. The largest absolute Gasteiger partial charge is 0.479 e. The fourth-order valence-electron chi connectivity index (χ4n) is 0.828. The average molecular weight is 203 g/mol. The smallest absolute Gasteiger partial charge is 0.332 e. The lowest BCUT2D eigenvalue weighted by atomic mass is 10.3. The zero-order valence-electron chi connectivity index (χ0n) is 8.90. The molecule has 0 heterocycles. The Morgan fingerprint density at radius 2 is 1.64 bits per heavy atom. The third-order valence-electron chi connectivity index (χ3n) is 1.56. The van der Waals surface area contributed by atoms with Gasteiger partial charge in [-0.2, -0.15) is 0 Å². The predicted octanol–water partition coefficient (Wildman–Crippen LogP) is 0.389. The highest BCUT2D eigenvalue weighted by molar-refractivity contribution is 5.81. The second-order valence-corrected chi connectivity index (χ2v) is 3.42. The first-order valence-corrected chi connectivity index (χ1v) is 4.53. The van der Waals surface area contributed by atoms with Gasteiger partial charge in [0.25, 0.3) is 0 Å². The summed E-state index contributed by atoms with van der Waals surface area (Å²) in [6, 6.07) is 0.0219. The van der Waals surface area contributed by atoms with Gasteiger partial charge in [0, 0.05) is 6.04 Å². The van der Waals surface area contributed by atoms with Gasteiger partial charge in [-0.05, 0) is 27.7 Å². The Bertz CT molecular complexity index is 215. The Morgan fingerprint density at radius 3 is 2.00 bits per heavy atom. The van der Waals surface area contributed by atoms with Crippen LogP contribution in [0.5, 0.6) is 0 Å². The lowest BCUT2D eigenvalue weighted by molar-refractivity contribution is -0.155. The fraction of sp³-hybridized carbons (Fsp3) is 0.778. The summed E-state index contributed by atoms with van der Waals surface area (Å²) in [6.45, 7) is 6.56. The molecule has 1 unspecified atom stereocenters. The van der Waals surface area contributed by atoms with Gasteiger partial charge in [-0.1, -0.05) is 0 Å². The SMILES string of the molecule is CC(C)NC(=O)C(C)O[C@@H](C)C(=O)O. The van der Waals surface area contributed by atoms with E-state index in [-0.39, 0.29) is 11.9 Å². The van der Waals surface area contributed by atoms with Crippen molar-refractivity contribution in [1.29, 1.82) is 0 Å². The van der Waals surface area contributed by atoms with Gasteiger partial charge in [0.1, 0.15) is 6.10 Å². The molecule has 14 heavy (non-hydrogen) atoms. The maximum Gasteiger partial charge on any atom is 0.332 e. The molecule has 82 valence electrons. The van der Waals surface area contributed by atoms with E-state index in [1.807, 2.05) is 13.8 Å². The quantitative estimate of drug-likeness (QED) is 0.677. The average Bonchev–Trinajstić information content (AvgIpc) is 2.02. The van der Waals surface area contributed by atoms with Crippen LogP contribution in [0.2, 0.25) is 0 Å². The highest BCUT2D eigenvalue weighted by atomic mass is 16.5. The molecule has 0 aliphatic heterocycles. The summed E-state index contributed by atoms with van der Waals surface area (Å²) < 4.78 is 4.96. The fourth-order valence-corrected chi connectivity index (χ4v) is 0.828. The molecule has 0 fully saturated rings. The second kappa shape index (κ2) is 5.59. The number of amides is 1. The van der Waals surface area contributed by atoms with Crippen LogP contribution in [0.1, 0.15) is 27.7 Å². The molecular formula is C9H17NO4. The van der Waals surface area contributed by atoms with Gasteiger partial charge in [0.15, 0.2) is 6.10 Å². The van der Waals surface area contributed by atoms with Crippen molar-refractivity contribution in [3.8, 4) is 0 Å². The molecule has 5 heteroatoms. The maximum absolute atomic E-state index is 11.3. The molecule has 0 aromatic heterocycles. The van der Waals surface area contributed by atoms with E-state index in [1.165, 1.54) is 13.8 Å². The molecule has 0 spiro atoms. The van der Waals surface area contributed by atoms with Crippen molar-refractivity contribution in [2.75, 3.05) is 0 Å². The number of carbonyl (C=O) groups is 2. The number of nitrogens with one attached hydrogen (secondary N) is 1. The Balaban J connectivity index is 4.01. The zero-order chi connectivity index (χ0) is 11.3. The first-order valence-electron chi connectivity index (χ1n) is 4.53. The van der Waals surface area contributed by atoms with Crippen molar-refractivity contribution in [2.24, 2.45) is 0 Å². The van der Waals surface area contributed by atoms with Crippen LogP contribution >= 0.6 is 0 Å². The number of rotatable bonds is 5. The Morgan fingerprint density at radius 1 is 1.14 bits per heavy atom. The Labute approximate surface area is 83.4 Å². The first kappa shape index (κ1) is 12.9. The Hall–Kier alpha value is -1.10. The topological polar surface area (TPSA) is 75.6 Å². The highest BCUT2D eigenvalue weighted by Crippen LogP contribution is 1.99. The van der Waals surface area contributed by atoms with Crippen molar-refractivity contribution >= 4 is 11.9 Å². The van der Waals surface area contributed by atoms with Crippen LogP contribution in [0.4, 0.5) is 0 Å². The predicted molar refractivity (Wildman–Crippen MR) is 50.9 cm³/mol. The molecule has 0 radical (unpaired) electrons. The molecule has 1 amide bonds. The number of hydrogen-bond donors (Lipinski definition) is 2. The summed E-state index contributed by atoms with van der Waals surface area (Å²) in [7, 11) is 0. The zero-order valence-corrected chi connectivity index (χ0v) is 8.90. The highest BCUT2D eigenvalue weighted by Gasteiger charge is 2.20. The molecule has 0 saturated carbocycles. The molecule has 0 aromatic rings. The molecule has 2 N–H and O–H groups in total. The van der Waals surface area contributed by atoms with Crippen molar-refractivity contribution in [2.45, 2.75) is 45.9 Å². The van der Waals surface area contributed by atoms with Crippen LogP contribution < -0.4 is 5.32 Å². The Kier molecular flexibility index (Phi) is 5.15. The van der Waals surface area contributed by atoms with E-state index in [2.05, 4.69) is 5.32 Å². The van der Waals surface area contributed by atoms with Crippen LogP contribution in [-0.4, -0.2) is 35.2 Å². The van der Waals surface area contributed by atoms with Gasteiger partial charge in [-0.3, -0.25) is 4.79 Å². The normalized spacial score (nSPS) is 14.9. The van der Waals surface area contributed by atoms with E-state index in [0.29, 0.717) is 0 Å². The van der Waals surface area contributed by atoms with E-state index < -0.39 is 18.2 Å². The van der Waals surface area contributed by atoms with Crippen molar-refractivity contribution < 1.29 is 19.4 Å². The maximum atomic E-state index is 11.3.